The van der Waals surface area contributed by atoms with Gasteiger partial charge in [0.2, 0.25) is 0 Å². The van der Waals surface area contributed by atoms with Gasteiger partial charge >= 0.3 is 0 Å². The number of para-hydroxylation sites is 2. The zero-order valence-electron chi connectivity index (χ0n) is 13.1. The maximum absolute atomic E-state index is 5.97. The second kappa shape index (κ2) is 5.66. The molecule has 0 radical (unpaired) electrons. The molecule has 0 aliphatic carbocycles. The van der Waals surface area contributed by atoms with Gasteiger partial charge in [-0.15, -0.1) is 0 Å². The molecule has 0 fully saturated rings. The third-order valence-corrected chi connectivity index (χ3v) is 3.80. The Morgan fingerprint density at radius 1 is 1.00 bits per heavy atom. The first-order chi connectivity index (χ1) is 11.7. The fourth-order valence-corrected chi connectivity index (χ4v) is 2.55. The molecule has 0 amide bonds. The van der Waals surface area contributed by atoms with Gasteiger partial charge in [-0.1, -0.05) is 12.1 Å². The van der Waals surface area contributed by atoms with Crippen molar-refractivity contribution >= 4 is 28.2 Å². The van der Waals surface area contributed by atoms with Crippen LogP contribution < -0.4 is 11.1 Å². The lowest BCUT2D eigenvalue weighted by molar-refractivity contribution is 0.768. The molecule has 0 unspecified atom stereocenters. The highest BCUT2D eigenvalue weighted by molar-refractivity contribution is 5.82. The molecule has 24 heavy (non-hydrogen) atoms. The molecule has 6 nitrogen and oxygen atoms in total. The van der Waals surface area contributed by atoms with Gasteiger partial charge < -0.3 is 11.1 Å². The lowest BCUT2D eigenvalue weighted by Crippen LogP contribution is -1.98. The molecule has 3 heterocycles. The van der Waals surface area contributed by atoms with E-state index in [-0.39, 0.29) is 0 Å². The van der Waals surface area contributed by atoms with Gasteiger partial charge in [-0.05, 0) is 30.3 Å². The lowest BCUT2D eigenvalue weighted by atomic mass is 10.1. The molecule has 118 valence electrons. The Labute approximate surface area is 139 Å². The van der Waals surface area contributed by atoms with Crippen LogP contribution in [0.5, 0.6) is 0 Å². The molecule has 3 N–H and O–H groups in total. The molecule has 0 atom stereocenters. The van der Waals surface area contributed by atoms with E-state index in [0.717, 1.165) is 33.7 Å². The normalized spacial score (nSPS) is 10.9. The van der Waals surface area contributed by atoms with Crippen LogP contribution in [0.2, 0.25) is 0 Å². The van der Waals surface area contributed by atoms with E-state index in [9.17, 15) is 0 Å². The summed E-state index contributed by atoms with van der Waals surface area (Å²) < 4.78 is 1.77. The van der Waals surface area contributed by atoms with Crippen LogP contribution >= 0.6 is 0 Å². The number of nitrogens with zero attached hydrogens (tertiary/aromatic N) is 4. The van der Waals surface area contributed by atoms with Gasteiger partial charge in [0.25, 0.3) is 0 Å². The van der Waals surface area contributed by atoms with Gasteiger partial charge in [0.05, 0.1) is 28.6 Å². The highest BCUT2D eigenvalue weighted by atomic mass is 15.2. The summed E-state index contributed by atoms with van der Waals surface area (Å²) in [6, 6.07) is 13.5. The van der Waals surface area contributed by atoms with Gasteiger partial charge in [-0.3, -0.25) is 9.67 Å². The molecular weight excluding hydrogens is 300 g/mol. The van der Waals surface area contributed by atoms with Crippen molar-refractivity contribution in [2.75, 3.05) is 11.1 Å². The Kier molecular flexibility index (Phi) is 3.35. The Morgan fingerprint density at radius 2 is 1.88 bits per heavy atom. The number of hydrogen-bond donors (Lipinski definition) is 2. The van der Waals surface area contributed by atoms with Crippen molar-refractivity contribution in [2.45, 2.75) is 0 Å². The summed E-state index contributed by atoms with van der Waals surface area (Å²) in [5, 5.41) is 7.45. The number of aryl methyl sites for hydroxylation is 1. The number of fused-ring (bicyclic) bond motifs is 1. The van der Waals surface area contributed by atoms with Crippen molar-refractivity contribution in [1.82, 2.24) is 19.7 Å². The van der Waals surface area contributed by atoms with Crippen LogP contribution in [-0.2, 0) is 7.05 Å². The van der Waals surface area contributed by atoms with Gasteiger partial charge in [0.15, 0.2) is 0 Å². The lowest BCUT2D eigenvalue weighted by Gasteiger charge is -2.09. The van der Waals surface area contributed by atoms with Gasteiger partial charge in [-0.25, -0.2) is 4.98 Å². The predicted octanol–water partition coefficient (Wildman–Crippen LogP) is 3.36. The summed E-state index contributed by atoms with van der Waals surface area (Å²) in [5.41, 5.74) is 11.1. The van der Waals surface area contributed by atoms with E-state index >= 15 is 0 Å². The number of rotatable bonds is 3. The van der Waals surface area contributed by atoms with Crippen LogP contribution in [0.15, 0.2) is 61.1 Å². The average Bonchev–Trinajstić information content (AvgIpc) is 3.03. The van der Waals surface area contributed by atoms with Crippen LogP contribution in [0, 0.1) is 0 Å². The predicted molar refractivity (Wildman–Crippen MR) is 95.9 cm³/mol. The summed E-state index contributed by atoms with van der Waals surface area (Å²) in [6.07, 6.45) is 5.61. The quantitative estimate of drug-likeness (QED) is 0.566. The average molecular weight is 316 g/mol. The second-order valence-electron chi connectivity index (χ2n) is 5.57. The first-order valence-corrected chi connectivity index (χ1v) is 7.56. The van der Waals surface area contributed by atoms with Crippen molar-refractivity contribution in [3.63, 3.8) is 0 Å². The minimum absolute atomic E-state index is 0.682. The maximum Gasteiger partial charge on any atom is 0.131 e. The Morgan fingerprint density at radius 3 is 2.67 bits per heavy atom. The molecule has 0 bridgehead atoms. The third-order valence-electron chi connectivity index (χ3n) is 3.80. The summed E-state index contributed by atoms with van der Waals surface area (Å²) in [4.78, 5) is 9.13. The van der Waals surface area contributed by atoms with E-state index in [0.29, 0.717) is 5.69 Å². The monoisotopic (exact) mass is 316 g/mol. The molecule has 0 aliphatic heterocycles. The van der Waals surface area contributed by atoms with Gasteiger partial charge in [-0.2, -0.15) is 5.10 Å². The smallest absolute Gasteiger partial charge is 0.131 e. The van der Waals surface area contributed by atoms with E-state index in [2.05, 4.69) is 20.4 Å². The number of hydrogen-bond acceptors (Lipinski definition) is 5. The number of nitrogens with one attached hydrogen (secondary N) is 1. The molecule has 4 aromatic rings. The third kappa shape index (κ3) is 2.65. The van der Waals surface area contributed by atoms with Gasteiger partial charge in [0, 0.05) is 30.6 Å². The Hall–Kier alpha value is -3.41. The molecule has 4 rings (SSSR count). The van der Waals surface area contributed by atoms with E-state index in [4.69, 9.17) is 5.73 Å². The molecule has 3 aromatic heterocycles. The maximum atomic E-state index is 5.97. The first kappa shape index (κ1) is 14.2. The van der Waals surface area contributed by atoms with Crippen molar-refractivity contribution in [3.8, 4) is 11.1 Å². The highest BCUT2D eigenvalue weighted by Crippen LogP contribution is 2.25. The first-order valence-electron chi connectivity index (χ1n) is 7.56. The van der Waals surface area contributed by atoms with Crippen LogP contribution in [0.3, 0.4) is 0 Å². The van der Waals surface area contributed by atoms with Crippen molar-refractivity contribution in [2.24, 2.45) is 7.05 Å². The molecule has 0 aliphatic rings. The molecule has 6 heteroatoms. The van der Waals surface area contributed by atoms with Crippen LogP contribution in [-0.4, -0.2) is 19.7 Å². The van der Waals surface area contributed by atoms with Crippen LogP contribution in [0.25, 0.3) is 22.2 Å². The number of anilines is 3. The fraction of sp³-hybridized carbons (Fsp3) is 0.0556. The Bertz CT molecular complexity index is 1020. The van der Waals surface area contributed by atoms with Crippen LogP contribution in [0.4, 0.5) is 17.2 Å². The highest BCUT2D eigenvalue weighted by Gasteiger charge is 2.06. The molecule has 1 aromatic carbocycles. The fourth-order valence-electron chi connectivity index (χ4n) is 2.55. The summed E-state index contributed by atoms with van der Waals surface area (Å²) in [5.74, 6) is 0.727. The number of benzene rings is 1. The number of aromatic nitrogens is 4. The SMILES string of the molecule is Cn1cc(-c2cnc3ccc(Nc4ccccc4N)nc3c2)cn1. The van der Waals surface area contributed by atoms with E-state index in [1.54, 1.807) is 4.68 Å². The zero-order valence-corrected chi connectivity index (χ0v) is 13.1. The number of nitrogen functional groups attached to an aromatic ring is 1. The van der Waals surface area contributed by atoms with Crippen molar-refractivity contribution < 1.29 is 0 Å². The minimum Gasteiger partial charge on any atom is -0.397 e. The minimum atomic E-state index is 0.682. The van der Waals surface area contributed by atoms with Crippen LogP contribution in [0.1, 0.15) is 0 Å². The zero-order chi connectivity index (χ0) is 16.5. The topological polar surface area (TPSA) is 81.7 Å². The van der Waals surface area contributed by atoms with Crippen molar-refractivity contribution in [3.05, 3.63) is 61.1 Å². The standard InChI is InChI=1S/C18H16N6/c1-24-11-13(10-21-24)12-8-17-16(20-9-12)6-7-18(23-17)22-15-5-3-2-4-14(15)19/h2-11H,19H2,1H3,(H,22,23). The number of pyridine rings is 2. The second-order valence-corrected chi connectivity index (χ2v) is 5.57. The van der Waals surface area contributed by atoms with E-state index in [1.165, 1.54) is 0 Å². The van der Waals surface area contributed by atoms with Gasteiger partial charge in [0.1, 0.15) is 5.82 Å². The molecule has 0 saturated heterocycles. The molecule has 0 saturated carbocycles. The van der Waals surface area contributed by atoms with E-state index < -0.39 is 0 Å². The molecule has 0 spiro atoms. The van der Waals surface area contributed by atoms with E-state index in [1.807, 2.05) is 68.1 Å². The Balaban J connectivity index is 1.72. The number of nitrogens with two attached hydrogens (primary N) is 1. The van der Waals surface area contributed by atoms with Crippen molar-refractivity contribution in [1.29, 1.82) is 0 Å². The summed E-state index contributed by atoms with van der Waals surface area (Å²) in [6.45, 7) is 0. The molecular formula is C18H16N6. The summed E-state index contributed by atoms with van der Waals surface area (Å²) in [7, 11) is 1.89. The largest absolute Gasteiger partial charge is 0.397 e. The summed E-state index contributed by atoms with van der Waals surface area (Å²) >= 11 is 0.